The maximum atomic E-state index is 12.3. The Morgan fingerprint density at radius 3 is 2.74 bits per heavy atom. The number of hydrogen-bond acceptors (Lipinski definition) is 4. The molecule has 6 heteroatoms. The maximum Gasteiger partial charge on any atom is 0.251 e. The molecule has 0 aliphatic heterocycles. The van der Waals surface area contributed by atoms with Gasteiger partial charge in [0.15, 0.2) is 5.16 Å². The van der Waals surface area contributed by atoms with Crippen LogP contribution in [0.3, 0.4) is 0 Å². The van der Waals surface area contributed by atoms with Gasteiger partial charge in [-0.15, -0.1) is 0 Å². The van der Waals surface area contributed by atoms with Gasteiger partial charge in [-0.1, -0.05) is 42.1 Å². The van der Waals surface area contributed by atoms with Crippen molar-refractivity contribution in [2.24, 2.45) is 0 Å². The van der Waals surface area contributed by atoms with Gasteiger partial charge in [-0.05, 0) is 29.8 Å². The minimum atomic E-state index is -0.382. The van der Waals surface area contributed by atoms with E-state index in [9.17, 15) is 9.59 Å². The number of carbonyl (C=O) groups excluding carboxylic acids is 1. The van der Waals surface area contributed by atoms with Crippen LogP contribution in [0.4, 0.5) is 5.69 Å². The lowest BCUT2D eigenvalue weighted by molar-refractivity contribution is -0.115. The lowest BCUT2D eigenvalue weighted by Crippen LogP contribution is -2.23. The van der Waals surface area contributed by atoms with Gasteiger partial charge in [0.2, 0.25) is 5.91 Å². The maximum absolute atomic E-state index is 12.3. The number of nitrogens with zero attached hydrogens (tertiary/aromatic N) is 1. The minimum Gasteiger partial charge on any atom is -0.325 e. The standard InChI is InChI=1S/C17H15N3O2S/c1-11(23-17-18-9-8-15(21)20-17)16(22)19-14-7-6-12-4-2-3-5-13(12)10-14/h2-11H,1H3,(H,19,22)(H,18,20,21)/t11-/m0/s1. The fourth-order valence-corrected chi connectivity index (χ4v) is 2.93. The summed E-state index contributed by atoms with van der Waals surface area (Å²) in [4.78, 5) is 30.2. The monoisotopic (exact) mass is 325 g/mol. The van der Waals surface area contributed by atoms with E-state index in [-0.39, 0.29) is 16.7 Å². The molecule has 2 N–H and O–H groups in total. The second-order valence-corrected chi connectivity index (χ2v) is 6.38. The molecule has 3 aromatic rings. The van der Waals surface area contributed by atoms with Crippen molar-refractivity contribution < 1.29 is 4.79 Å². The molecule has 0 unspecified atom stereocenters. The van der Waals surface area contributed by atoms with Gasteiger partial charge in [0.1, 0.15) is 0 Å². The molecule has 0 saturated carbocycles. The van der Waals surface area contributed by atoms with Gasteiger partial charge in [0, 0.05) is 18.0 Å². The number of aromatic nitrogens is 2. The zero-order chi connectivity index (χ0) is 16.2. The molecule has 0 saturated heterocycles. The van der Waals surface area contributed by atoms with Crippen molar-refractivity contribution in [1.82, 2.24) is 9.97 Å². The van der Waals surface area contributed by atoms with E-state index in [4.69, 9.17) is 0 Å². The first kappa shape index (κ1) is 15.3. The molecule has 0 spiro atoms. The van der Waals surface area contributed by atoms with E-state index < -0.39 is 0 Å². The summed E-state index contributed by atoms with van der Waals surface area (Å²) in [6.07, 6.45) is 1.43. The molecule has 3 rings (SSSR count). The van der Waals surface area contributed by atoms with Crippen LogP contribution in [-0.4, -0.2) is 21.1 Å². The third-order valence-corrected chi connectivity index (χ3v) is 4.32. The van der Waals surface area contributed by atoms with Gasteiger partial charge in [-0.2, -0.15) is 0 Å². The second kappa shape index (κ2) is 6.66. The molecule has 1 aromatic heterocycles. The average molecular weight is 325 g/mol. The van der Waals surface area contributed by atoms with Gasteiger partial charge in [-0.3, -0.25) is 9.59 Å². The van der Waals surface area contributed by atoms with E-state index in [2.05, 4.69) is 15.3 Å². The van der Waals surface area contributed by atoms with Gasteiger partial charge in [0.05, 0.1) is 5.25 Å². The minimum absolute atomic E-state index is 0.142. The third kappa shape index (κ3) is 3.78. The van der Waals surface area contributed by atoms with Gasteiger partial charge < -0.3 is 10.3 Å². The average Bonchev–Trinajstić information content (AvgIpc) is 2.54. The first-order valence-corrected chi connectivity index (χ1v) is 8.01. The van der Waals surface area contributed by atoms with Crippen molar-refractivity contribution >= 4 is 34.1 Å². The van der Waals surface area contributed by atoms with E-state index in [1.807, 2.05) is 42.5 Å². The van der Waals surface area contributed by atoms with E-state index >= 15 is 0 Å². The Kier molecular flexibility index (Phi) is 4.43. The Morgan fingerprint density at radius 2 is 1.96 bits per heavy atom. The number of rotatable bonds is 4. The predicted molar refractivity (Wildman–Crippen MR) is 92.8 cm³/mol. The molecular weight excluding hydrogens is 310 g/mol. The highest BCUT2D eigenvalue weighted by Crippen LogP contribution is 2.22. The van der Waals surface area contributed by atoms with Crippen LogP contribution >= 0.6 is 11.8 Å². The van der Waals surface area contributed by atoms with Crippen LogP contribution in [0, 0.1) is 0 Å². The van der Waals surface area contributed by atoms with Crippen molar-refractivity contribution in [2.75, 3.05) is 5.32 Å². The van der Waals surface area contributed by atoms with E-state index in [0.29, 0.717) is 5.16 Å². The molecule has 2 aromatic carbocycles. The molecule has 0 bridgehead atoms. The molecule has 0 aliphatic carbocycles. The topological polar surface area (TPSA) is 74.8 Å². The first-order chi connectivity index (χ1) is 11.1. The first-order valence-electron chi connectivity index (χ1n) is 7.13. The van der Waals surface area contributed by atoms with Crippen LogP contribution in [0.2, 0.25) is 0 Å². The third-order valence-electron chi connectivity index (χ3n) is 3.32. The lowest BCUT2D eigenvalue weighted by atomic mass is 10.1. The number of carbonyl (C=O) groups is 1. The van der Waals surface area contributed by atoms with Crippen molar-refractivity contribution in [2.45, 2.75) is 17.3 Å². The Bertz CT molecular complexity index is 907. The van der Waals surface area contributed by atoms with Gasteiger partial charge in [0.25, 0.3) is 5.56 Å². The fraction of sp³-hybridized carbons (Fsp3) is 0.118. The van der Waals surface area contributed by atoms with Crippen LogP contribution in [0.1, 0.15) is 6.92 Å². The number of fused-ring (bicyclic) bond motifs is 1. The number of aromatic amines is 1. The summed E-state index contributed by atoms with van der Waals surface area (Å²) in [7, 11) is 0. The van der Waals surface area contributed by atoms with Crippen molar-refractivity contribution in [3.8, 4) is 0 Å². The molecule has 0 radical (unpaired) electrons. The van der Waals surface area contributed by atoms with Crippen molar-refractivity contribution in [3.05, 3.63) is 65.1 Å². The van der Waals surface area contributed by atoms with Crippen molar-refractivity contribution in [1.29, 1.82) is 0 Å². The highest BCUT2D eigenvalue weighted by Gasteiger charge is 2.15. The summed E-state index contributed by atoms with van der Waals surface area (Å²) >= 11 is 1.21. The van der Waals surface area contributed by atoms with Gasteiger partial charge in [-0.25, -0.2) is 4.98 Å². The zero-order valence-electron chi connectivity index (χ0n) is 12.4. The molecule has 1 atom stereocenters. The molecule has 23 heavy (non-hydrogen) atoms. The molecule has 0 aliphatic rings. The Labute approximate surface area is 137 Å². The number of benzene rings is 2. The van der Waals surface area contributed by atoms with E-state index in [0.717, 1.165) is 16.5 Å². The van der Waals surface area contributed by atoms with Crippen LogP contribution in [0.5, 0.6) is 0 Å². The van der Waals surface area contributed by atoms with E-state index in [1.165, 1.54) is 24.0 Å². The molecule has 0 fully saturated rings. The predicted octanol–water partition coefficient (Wildman–Crippen LogP) is 3.04. The van der Waals surface area contributed by atoms with Crippen molar-refractivity contribution in [3.63, 3.8) is 0 Å². The molecule has 1 heterocycles. The molecule has 116 valence electrons. The number of nitrogens with one attached hydrogen (secondary N) is 2. The molecular formula is C17H15N3O2S. The Balaban J connectivity index is 1.70. The largest absolute Gasteiger partial charge is 0.325 e. The molecule has 5 nitrogen and oxygen atoms in total. The van der Waals surface area contributed by atoms with E-state index in [1.54, 1.807) is 6.92 Å². The lowest BCUT2D eigenvalue weighted by Gasteiger charge is -2.11. The highest BCUT2D eigenvalue weighted by atomic mass is 32.2. The Hall–Kier alpha value is -2.60. The van der Waals surface area contributed by atoms with Gasteiger partial charge >= 0.3 is 0 Å². The summed E-state index contributed by atoms with van der Waals surface area (Å²) in [6.45, 7) is 1.77. The summed E-state index contributed by atoms with van der Waals surface area (Å²) in [5.74, 6) is -0.142. The zero-order valence-corrected chi connectivity index (χ0v) is 13.3. The Morgan fingerprint density at radius 1 is 1.17 bits per heavy atom. The summed E-state index contributed by atoms with van der Waals surface area (Å²) in [5, 5.41) is 5.13. The fourth-order valence-electron chi connectivity index (χ4n) is 2.14. The quantitative estimate of drug-likeness (QED) is 0.571. The molecule has 1 amide bonds. The smallest absolute Gasteiger partial charge is 0.251 e. The summed E-state index contributed by atoms with van der Waals surface area (Å²) in [5.41, 5.74) is 0.514. The number of thioether (sulfide) groups is 1. The summed E-state index contributed by atoms with van der Waals surface area (Å²) < 4.78 is 0. The van der Waals surface area contributed by atoms with Crippen LogP contribution < -0.4 is 10.9 Å². The second-order valence-electron chi connectivity index (χ2n) is 5.05. The number of H-pyrrole nitrogens is 1. The number of anilines is 1. The number of amides is 1. The van der Waals surface area contributed by atoms with Crippen LogP contribution in [0.15, 0.2) is 64.7 Å². The highest BCUT2D eigenvalue weighted by molar-refractivity contribution is 8.00. The normalized spacial score (nSPS) is 12.0. The van der Waals surface area contributed by atoms with Crippen LogP contribution in [0.25, 0.3) is 10.8 Å². The summed E-state index contributed by atoms with van der Waals surface area (Å²) in [6, 6.07) is 15.1. The number of hydrogen-bond donors (Lipinski definition) is 2. The SMILES string of the molecule is C[C@H](Sc1nccc(=O)[nH]1)C(=O)Nc1ccc2ccccc2c1. The van der Waals surface area contributed by atoms with Crippen LogP contribution in [-0.2, 0) is 4.79 Å².